The molecule has 0 bridgehead atoms. The minimum Gasteiger partial charge on any atom is -0.493 e. The maximum absolute atomic E-state index is 12.0. The standard InChI is InChI=1S/C18H28N2O7/c1-14(21)15(11-13-26-17-9-6-5-8-16(17)25-2)19-18(22)10-4-3-7-12-27-20(23)24/h5-6,8-9,14-15,21H,3-4,7,10-13H2,1-2H3,(H,19,22). The number of rotatable bonds is 14. The third-order valence-corrected chi connectivity index (χ3v) is 3.93. The molecule has 9 nitrogen and oxygen atoms in total. The van der Waals surface area contributed by atoms with Crippen LogP contribution in [-0.4, -0.2) is 48.6 Å². The van der Waals surface area contributed by atoms with Gasteiger partial charge in [-0.25, -0.2) is 0 Å². The number of nitrogens with zero attached hydrogens (tertiary/aromatic N) is 1. The van der Waals surface area contributed by atoms with Crippen LogP contribution in [0.5, 0.6) is 11.5 Å². The van der Waals surface area contributed by atoms with Crippen molar-refractivity contribution in [1.29, 1.82) is 0 Å². The van der Waals surface area contributed by atoms with E-state index in [0.717, 1.165) is 0 Å². The summed E-state index contributed by atoms with van der Waals surface area (Å²) in [4.78, 5) is 26.2. The van der Waals surface area contributed by atoms with Gasteiger partial charge in [0, 0.05) is 12.8 Å². The highest BCUT2D eigenvalue weighted by Gasteiger charge is 2.18. The molecule has 1 aromatic rings. The van der Waals surface area contributed by atoms with Crippen molar-refractivity contribution >= 4 is 5.91 Å². The van der Waals surface area contributed by atoms with Crippen molar-refractivity contribution in [1.82, 2.24) is 5.32 Å². The summed E-state index contributed by atoms with van der Waals surface area (Å²) in [5.74, 6) is 1.05. The van der Waals surface area contributed by atoms with Crippen LogP contribution in [0.15, 0.2) is 24.3 Å². The molecule has 0 spiro atoms. The molecule has 0 aliphatic carbocycles. The van der Waals surface area contributed by atoms with Crippen LogP contribution >= 0.6 is 0 Å². The number of carbonyl (C=O) groups is 1. The molecule has 0 aliphatic rings. The quantitative estimate of drug-likeness (QED) is 0.286. The lowest BCUT2D eigenvalue weighted by atomic mass is 10.1. The minimum absolute atomic E-state index is 0.0329. The Morgan fingerprint density at radius 3 is 2.56 bits per heavy atom. The van der Waals surface area contributed by atoms with Gasteiger partial charge in [-0.1, -0.05) is 18.6 Å². The highest BCUT2D eigenvalue weighted by Crippen LogP contribution is 2.25. The molecule has 0 saturated heterocycles. The van der Waals surface area contributed by atoms with Gasteiger partial charge in [-0.05, 0) is 31.9 Å². The Balaban J connectivity index is 2.30. The van der Waals surface area contributed by atoms with Crippen LogP contribution in [0.1, 0.15) is 39.0 Å². The number of ether oxygens (including phenoxy) is 2. The van der Waals surface area contributed by atoms with Gasteiger partial charge in [0.25, 0.3) is 5.09 Å². The molecule has 1 amide bonds. The predicted octanol–water partition coefficient (Wildman–Crippen LogP) is 2.10. The van der Waals surface area contributed by atoms with E-state index in [9.17, 15) is 20.0 Å². The van der Waals surface area contributed by atoms with Gasteiger partial charge in [0.2, 0.25) is 5.91 Å². The van der Waals surface area contributed by atoms with Gasteiger partial charge in [-0.15, -0.1) is 10.1 Å². The SMILES string of the molecule is COc1ccccc1OCCC(NC(=O)CCCCCO[N+](=O)[O-])C(C)O. The number of nitrogens with one attached hydrogen (secondary N) is 1. The lowest BCUT2D eigenvalue weighted by Crippen LogP contribution is -2.43. The van der Waals surface area contributed by atoms with Crippen molar-refractivity contribution in [2.75, 3.05) is 20.3 Å². The lowest BCUT2D eigenvalue weighted by molar-refractivity contribution is -0.757. The Morgan fingerprint density at radius 2 is 1.93 bits per heavy atom. The van der Waals surface area contributed by atoms with E-state index in [1.54, 1.807) is 26.2 Å². The average molecular weight is 384 g/mol. The van der Waals surface area contributed by atoms with E-state index in [1.807, 2.05) is 12.1 Å². The van der Waals surface area contributed by atoms with Crippen molar-refractivity contribution in [3.05, 3.63) is 34.4 Å². The molecule has 0 aliphatic heterocycles. The zero-order valence-electron chi connectivity index (χ0n) is 15.8. The molecule has 9 heteroatoms. The van der Waals surface area contributed by atoms with E-state index in [0.29, 0.717) is 43.8 Å². The second kappa shape index (κ2) is 12.7. The van der Waals surface area contributed by atoms with Crippen LogP contribution in [0, 0.1) is 10.1 Å². The molecular weight excluding hydrogens is 356 g/mol. The first kappa shape index (κ1) is 22.5. The monoisotopic (exact) mass is 384 g/mol. The average Bonchev–Trinajstić information content (AvgIpc) is 2.63. The van der Waals surface area contributed by atoms with Crippen LogP contribution in [-0.2, 0) is 9.63 Å². The molecule has 0 heterocycles. The maximum atomic E-state index is 12.0. The number of aliphatic hydroxyl groups excluding tert-OH is 1. The van der Waals surface area contributed by atoms with Crippen LogP contribution < -0.4 is 14.8 Å². The fourth-order valence-corrected chi connectivity index (χ4v) is 2.45. The highest BCUT2D eigenvalue weighted by atomic mass is 16.9. The molecule has 0 fully saturated rings. The third kappa shape index (κ3) is 9.64. The summed E-state index contributed by atoms with van der Waals surface area (Å²) in [5, 5.41) is 21.9. The normalized spacial score (nSPS) is 12.7. The van der Waals surface area contributed by atoms with E-state index in [-0.39, 0.29) is 18.9 Å². The number of unbranched alkanes of at least 4 members (excludes halogenated alkanes) is 2. The Hall–Kier alpha value is -2.55. The van der Waals surface area contributed by atoms with Gasteiger partial charge >= 0.3 is 0 Å². The van der Waals surface area contributed by atoms with Crippen LogP contribution in [0.2, 0.25) is 0 Å². The van der Waals surface area contributed by atoms with Gasteiger partial charge in [0.1, 0.15) is 0 Å². The van der Waals surface area contributed by atoms with Crippen LogP contribution in [0.25, 0.3) is 0 Å². The maximum Gasteiger partial charge on any atom is 0.294 e. The van der Waals surface area contributed by atoms with E-state index in [2.05, 4.69) is 10.2 Å². The summed E-state index contributed by atoms with van der Waals surface area (Å²) in [6.45, 7) is 1.96. The zero-order chi connectivity index (χ0) is 20.1. The summed E-state index contributed by atoms with van der Waals surface area (Å²) in [5.41, 5.74) is 0. The van der Waals surface area contributed by atoms with Crippen molar-refractivity contribution in [2.45, 2.75) is 51.2 Å². The fourth-order valence-electron chi connectivity index (χ4n) is 2.45. The zero-order valence-corrected chi connectivity index (χ0v) is 15.8. The van der Waals surface area contributed by atoms with Crippen molar-refractivity contribution in [2.24, 2.45) is 0 Å². The smallest absolute Gasteiger partial charge is 0.294 e. The second-order valence-corrected chi connectivity index (χ2v) is 6.07. The minimum atomic E-state index is -0.826. The van der Waals surface area contributed by atoms with E-state index < -0.39 is 17.2 Å². The molecule has 2 unspecified atom stereocenters. The molecule has 152 valence electrons. The Labute approximate surface area is 158 Å². The number of hydrogen-bond acceptors (Lipinski definition) is 7. The Kier molecular flexibility index (Phi) is 10.6. The van der Waals surface area contributed by atoms with Crippen molar-refractivity contribution < 1.29 is 29.3 Å². The summed E-state index contributed by atoms with van der Waals surface area (Å²) in [6, 6.07) is 6.83. The van der Waals surface area contributed by atoms with Crippen molar-refractivity contribution in [3.8, 4) is 11.5 Å². The van der Waals surface area contributed by atoms with Gasteiger partial charge in [-0.2, -0.15) is 0 Å². The number of aliphatic hydroxyl groups is 1. The molecule has 2 N–H and O–H groups in total. The Bertz CT molecular complexity index is 581. The first-order chi connectivity index (χ1) is 12.9. The number of carbonyl (C=O) groups excluding carboxylic acids is 1. The lowest BCUT2D eigenvalue weighted by Gasteiger charge is -2.22. The first-order valence-corrected chi connectivity index (χ1v) is 8.94. The van der Waals surface area contributed by atoms with E-state index in [1.165, 1.54) is 0 Å². The number of methoxy groups -OCH3 is 1. The van der Waals surface area contributed by atoms with Gasteiger partial charge in [0.15, 0.2) is 11.5 Å². The molecule has 2 atom stereocenters. The summed E-state index contributed by atoms with van der Waals surface area (Å²) >= 11 is 0. The molecule has 0 aromatic heterocycles. The fraction of sp³-hybridized carbons (Fsp3) is 0.611. The number of hydrogen-bond donors (Lipinski definition) is 2. The molecule has 27 heavy (non-hydrogen) atoms. The molecular formula is C18H28N2O7. The molecule has 1 rings (SSSR count). The Morgan fingerprint density at radius 1 is 1.22 bits per heavy atom. The highest BCUT2D eigenvalue weighted by molar-refractivity contribution is 5.76. The van der Waals surface area contributed by atoms with Crippen LogP contribution in [0.3, 0.4) is 0 Å². The molecule has 0 radical (unpaired) electrons. The summed E-state index contributed by atoms with van der Waals surface area (Å²) in [7, 11) is 1.56. The first-order valence-electron chi connectivity index (χ1n) is 8.94. The van der Waals surface area contributed by atoms with E-state index >= 15 is 0 Å². The second-order valence-electron chi connectivity index (χ2n) is 6.07. The molecule has 1 aromatic carbocycles. The molecule has 0 saturated carbocycles. The van der Waals surface area contributed by atoms with Gasteiger partial charge in [0.05, 0.1) is 32.5 Å². The third-order valence-electron chi connectivity index (χ3n) is 3.93. The number of para-hydroxylation sites is 2. The number of benzene rings is 1. The van der Waals surface area contributed by atoms with E-state index in [4.69, 9.17) is 9.47 Å². The number of amides is 1. The van der Waals surface area contributed by atoms with Gasteiger partial charge in [-0.3, -0.25) is 4.79 Å². The van der Waals surface area contributed by atoms with Crippen LogP contribution in [0.4, 0.5) is 0 Å². The predicted molar refractivity (Wildman–Crippen MR) is 98.1 cm³/mol. The summed E-state index contributed by atoms with van der Waals surface area (Å²) in [6.07, 6.45) is 1.77. The van der Waals surface area contributed by atoms with Gasteiger partial charge < -0.3 is 24.7 Å². The topological polar surface area (TPSA) is 120 Å². The van der Waals surface area contributed by atoms with Crippen molar-refractivity contribution in [3.63, 3.8) is 0 Å². The largest absolute Gasteiger partial charge is 0.493 e. The summed E-state index contributed by atoms with van der Waals surface area (Å²) < 4.78 is 10.9.